The van der Waals surface area contributed by atoms with Crippen molar-refractivity contribution >= 4 is 17.3 Å². The standard InChI is InChI=1S/C13H20N2O2/c1-9-4-6-11(8-12(9)14)15-13(16)7-5-10(2)17-3/h4,6,8,10H,5,7,14H2,1-3H3,(H,15,16). The Morgan fingerprint density at radius 1 is 1.53 bits per heavy atom. The minimum Gasteiger partial charge on any atom is -0.398 e. The fraction of sp³-hybridized carbons (Fsp3) is 0.462. The van der Waals surface area contributed by atoms with Crippen LogP contribution in [0.2, 0.25) is 0 Å². The number of aryl methyl sites for hydroxylation is 1. The van der Waals surface area contributed by atoms with Crippen LogP contribution in [0.15, 0.2) is 18.2 Å². The molecule has 0 radical (unpaired) electrons. The summed E-state index contributed by atoms with van der Waals surface area (Å²) in [5.41, 5.74) is 8.21. The van der Waals surface area contributed by atoms with Gasteiger partial charge in [0.05, 0.1) is 6.10 Å². The molecule has 1 aromatic rings. The van der Waals surface area contributed by atoms with E-state index >= 15 is 0 Å². The lowest BCUT2D eigenvalue weighted by Crippen LogP contribution is -2.15. The van der Waals surface area contributed by atoms with E-state index in [9.17, 15) is 4.79 Å². The van der Waals surface area contributed by atoms with E-state index in [-0.39, 0.29) is 12.0 Å². The molecule has 1 unspecified atom stereocenters. The Hall–Kier alpha value is -1.55. The normalized spacial score (nSPS) is 12.2. The molecular weight excluding hydrogens is 216 g/mol. The topological polar surface area (TPSA) is 64.3 Å². The van der Waals surface area contributed by atoms with Crippen LogP contribution in [-0.2, 0) is 9.53 Å². The van der Waals surface area contributed by atoms with E-state index in [1.165, 1.54) is 0 Å². The zero-order chi connectivity index (χ0) is 12.8. The lowest BCUT2D eigenvalue weighted by atomic mass is 10.1. The quantitative estimate of drug-likeness (QED) is 0.771. The van der Waals surface area contributed by atoms with Crippen LogP contribution in [0.3, 0.4) is 0 Å². The van der Waals surface area contributed by atoms with Crippen molar-refractivity contribution in [1.82, 2.24) is 0 Å². The predicted octanol–water partition coefficient (Wildman–Crippen LogP) is 2.33. The summed E-state index contributed by atoms with van der Waals surface area (Å²) >= 11 is 0. The van der Waals surface area contributed by atoms with Crippen LogP contribution in [0.1, 0.15) is 25.3 Å². The molecule has 1 amide bonds. The van der Waals surface area contributed by atoms with Gasteiger partial charge < -0.3 is 15.8 Å². The second-order valence-corrected chi connectivity index (χ2v) is 4.20. The molecule has 0 saturated carbocycles. The third-order valence-electron chi connectivity index (χ3n) is 2.74. The van der Waals surface area contributed by atoms with Gasteiger partial charge in [0.1, 0.15) is 0 Å². The number of carbonyl (C=O) groups is 1. The molecule has 1 aromatic carbocycles. The summed E-state index contributed by atoms with van der Waals surface area (Å²) in [5.74, 6) is -0.0165. The highest BCUT2D eigenvalue weighted by Gasteiger charge is 2.06. The van der Waals surface area contributed by atoms with Gasteiger partial charge in [0.25, 0.3) is 0 Å². The summed E-state index contributed by atoms with van der Waals surface area (Å²) in [7, 11) is 1.64. The summed E-state index contributed by atoms with van der Waals surface area (Å²) in [6.45, 7) is 3.87. The second-order valence-electron chi connectivity index (χ2n) is 4.20. The Morgan fingerprint density at radius 2 is 2.24 bits per heavy atom. The average Bonchev–Trinajstić information content (AvgIpc) is 2.31. The number of rotatable bonds is 5. The van der Waals surface area contributed by atoms with Gasteiger partial charge in [-0.25, -0.2) is 0 Å². The molecule has 0 spiro atoms. The fourth-order valence-electron chi connectivity index (χ4n) is 1.39. The number of nitrogen functional groups attached to an aromatic ring is 1. The molecule has 0 heterocycles. The highest BCUT2D eigenvalue weighted by molar-refractivity contribution is 5.91. The summed E-state index contributed by atoms with van der Waals surface area (Å²) in [6.07, 6.45) is 1.26. The summed E-state index contributed by atoms with van der Waals surface area (Å²) in [6, 6.07) is 5.51. The second kappa shape index (κ2) is 6.25. The van der Waals surface area contributed by atoms with E-state index in [1.54, 1.807) is 13.2 Å². The Labute approximate surface area is 102 Å². The van der Waals surface area contributed by atoms with E-state index in [4.69, 9.17) is 10.5 Å². The molecule has 1 rings (SSSR count). The van der Waals surface area contributed by atoms with Gasteiger partial charge in [-0.3, -0.25) is 4.79 Å². The van der Waals surface area contributed by atoms with Crippen LogP contribution in [0.25, 0.3) is 0 Å². The molecular formula is C13H20N2O2. The van der Waals surface area contributed by atoms with Crippen LogP contribution in [-0.4, -0.2) is 19.1 Å². The number of benzene rings is 1. The van der Waals surface area contributed by atoms with Crippen LogP contribution in [0, 0.1) is 6.92 Å². The Bertz CT molecular complexity index is 391. The molecule has 0 bridgehead atoms. The molecule has 0 saturated heterocycles. The maximum absolute atomic E-state index is 11.6. The predicted molar refractivity (Wildman–Crippen MR) is 69.9 cm³/mol. The number of methoxy groups -OCH3 is 1. The monoisotopic (exact) mass is 236 g/mol. The van der Waals surface area contributed by atoms with Gasteiger partial charge in [0.15, 0.2) is 0 Å². The van der Waals surface area contributed by atoms with E-state index in [1.807, 2.05) is 26.0 Å². The summed E-state index contributed by atoms with van der Waals surface area (Å²) in [5, 5.41) is 2.81. The maximum Gasteiger partial charge on any atom is 0.224 e. The van der Waals surface area contributed by atoms with Gasteiger partial charge in [0.2, 0.25) is 5.91 Å². The third kappa shape index (κ3) is 4.44. The number of hydrogen-bond acceptors (Lipinski definition) is 3. The number of hydrogen-bond donors (Lipinski definition) is 2. The van der Waals surface area contributed by atoms with Gasteiger partial charge >= 0.3 is 0 Å². The minimum absolute atomic E-state index is 0.0165. The number of nitrogens with two attached hydrogens (primary N) is 1. The molecule has 0 aliphatic heterocycles. The zero-order valence-electron chi connectivity index (χ0n) is 10.6. The molecule has 4 heteroatoms. The number of carbonyl (C=O) groups excluding carboxylic acids is 1. The molecule has 0 aromatic heterocycles. The Morgan fingerprint density at radius 3 is 2.82 bits per heavy atom. The smallest absolute Gasteiger partial charge is 0.224 e. The van der Waals surface area contributed by atoms with Crippen LogP contribution in [0.4, 0.5) is 11.4 Å². The maximum atomic E-state index is 11.6. The first-order valence-electron chi connectivity index (χ1n) is 5.71. The number of amides is 1. The Kier molecular flexibility index (Phi) is 4.97. The number of anilines is 2. The molecule has 0 aliphatic rings. The average molecular weight is 236 g/mol. The summed E-state index contributed by atoms with van der Waals surface area (Å²) in [4.78, 5) is 11.6. The number of nitrogens with one attached hydrogen (secondary N) is 1. The lowest BCUT2D eigenvalue weighted by Gasteiger charge is -2.10. The summed E-state index contributed by atoms with van der Waals surface area (Å²) < 4.78 is 5.09. The van der Waals surface area contributed by atoms with Crippen molar-refractivity contribution in [2.75, 3.05) is 18.2 Å². The largest absolute Gasteiger partial charge is 0.398 e. The van der Waals surface area contributed by atoms with Crippen molar-refractivity contribution in [2.45, 2.75) is 32.8 Å². The van der Waals surface area contributed by atoms with E-state index in [0.29, 0.717) is 18.5 Å². The van der Waals surface area contributed by atoms with Crippen molar-refractivity contribution in [1.29, 1.82) is 0 Å². The van der Waals surface area contributed by atoms with Crippen LogP contribution in [0.5, 0.6) is 0 Å². The Balaban J connectivity index is 2.48. The van der Waals surface area contributed by atoms with Crippen molar-refractivity contribution in [3.8, 4) is 0 Å². The molecule has 17 heavy (non-hydrogen) atoms. The molecule has 94 valence electrons. The first-order valence-corrected chi connectivity index (χ1v) is 5.71. The highest BCUT2D eigenvalue weighted by atomic mass is 16.5. The van der Waals surface area contributed by atoms with Crippen molar-refractivity contribution in [2.24, 2.45) is 0 Å². The van der Waals surface area contributed by atoms with Gasteiger partial charge in [0, 0.05) is 24.9 Å². The van der Waals surface area contributed by atoms with E-state index in [2.05, 4.69) is 5.32 Å². The molecule has 4 nitrogen and oxygen atoms in total. The highest BCUT2D eigenvalue weighted by Crippen LogP contribution is 2.17. The molecule has 0 aliphatic carbocycles. The van der Waals surface area contributed by atoms with Crippen LogP contribution < -0.4 is 11.1 Å². The van der Waals surface area contributed by atoms with Gasteiger partial charge in [-0.1, -0.05) is 6.07 Å². The fourth-order valence-corrected chi connectivity index (χ4v) is 1.39. The van der Waals surface area contributed by atoms with E-state index < -0.39 is 0 Å². The molecule has 1 atom stereocenters. The van der Waals surface area contributed by atoms with Crippen molar-refractivity contribution < 1.29 is 9.53 Å². The SMILES string of the molecule is COC(C)CCC(=O)Nc1ccc(C)c(N)c1. The van der Waals surface area contributed by atoms with Crippen molar-refractivity contribution in [3.05, 3.63) is 23.8 Å². The van der Waals surface area contributed by atoms with Crippen molar-refractivity contribution in [3.63, 3.8) is 0 Å². The van der Waals surface area contributed by atoms with E-state index in [0.717, 1.165) is 11.3 Å². The zero-order valence-corrected chi connectivity index (χ0v) is 10.6. The number of ether oxygens (including phenoxy) is 1. The lowest BCUT2D eigenvalue weighted by molar-refractivity contribution is -0.116. The van der Waals surface area contributed by atoms with Crippen LogP contribution >= 0.6 is 0 Å². The van der Waals surface area contributed by atoms with Gasteiger partial charge in [-0.05, 0) is 38.0 Å². The third-order valence-corrected chi connectivity index (χ3v) is 2.74. The first kappa shape index (κ1) is 13.5. The molecule has 3 N–H and O–H groups in total. The van der Waals surface area contributed by atoms with Gasteiger partial charge in [-0.15, -0.1) is 0 Å². The first-order chi connectivity index (χ1) is 8.02. The minimum atomic E-state index is -0.0165. The van der Waals surface area contributed by atoms with Gasteiger partial charge in [-0.2, -0.15) is 0 Å². The molecule has 0 fully saturated rings.